The van der Waals surface area contributed by atoms with Crippen LogP contribution in [0.2, 0.25) is 0 Å². The van der Waals surface area contributed by atoms with Gasteiger partial charge in [0.25, 0.3) is 0 Å². The normalized spacial score (nSPS) is 36.2. The van der Waals surface area contributed by atoms with Crippen LogP contribution >= 0.6 is 12.4 Å². The van der Waals surface area contributed by atoms with Gasteiger partial charge in [-0.05, 0) is 32.2 Å². The lowest BCUT2D eigenvalue weighted by molar-refractivity contribution is 0.0641. The van der Waals surface area contributed by atoms with Crippen molar-refractivity contribution in [3.63, 3.8) is 0 Å². The first kappa shape index (κ1) is 12.2. The first-order valence-electron chi connectivity index (χ1n) is 4.48. The Hall–Kier alpha value is 0.210. The molecule has 0 radical (unpaired) electrons. The molecule has 1 heterocycles. The van der Waals surface area contributed by atoms with E-state index >= 15 is 0 Å². The average Bonchev–Trinajstić information content (AvgIpc) is 1.86. The molecule has 0 bridgehead atoms. The lowest BCUT2D eigenvalue weighted by Gasteiger charge is -2.40. The van der Waals surface area contributed by atoms with Crippen molar-refractivity contribution >= 4 is 12.4 Å². The van der Waals surface area contributed by atoms with Gasteiger partial charge in [-0.1, -0.05) is 13.8 Å². The summed E-state index contributed by atoms with van der Waals surface area (Å²) < 4.78 is 0. The van der Waals surface area contributed by atoms with Crippen LogP contribution in [0.3, 0.4) is 0 Å². The maximum Gasteiger partial charge on any atom is 0.0569 e. The van der Waals surface area contributed by atoms with E-state index in [2.05, 4.69) is 26.1 Å². The van der Waals surface area contributed by atoms with Crippen LogP contribution in [0, 0.1) is 5.92 Å². The average molecular weight is 194 g/mol. The SMILES string of the molecule is CC(C)C1(C)CC(O)CCN1.Cl. The van der Waals surface area contributed by atoms with Gasteiger partial charge in [0.1, 0.15) is 0 Å². The third kappa shape index (κ3) is 2.61. The molecule has 0 aliphatic carbocycles. The van der Waals surface area contributed by atoms with E-state index in [0.717, 1.165) is 19.4 Å². The van der Waals surface area contributed by atoms with Crippen LogP contribution in [0.1, 0.15) is 33.6 Å². The van der Waals surface area contributed by atoms with Gasteiger partial charge >= 0.3 is 0 Å². The van der Waals surface area contributed by atoms with E-state index in [9.17, 15) is 5.11 Å². The fourth-order valence-corrected chi connectivity index (χ4v) is 1.63. The fourth-order valence-electron chi connectivity index (χ4n) is 1.63. The van der Waals surface area contributed by atoms with Gasteiger partial charge in [0, 0.05) is 5.54 Å². The largest absolute Gasteiger partial charge is 0.393 e. The molecule has 0 aromatic heterocycles. The number of halogens is 1. The van der Waals surface area contributed by atoms with Crippen molar-refractivity contribution in [3.05, 3.63) is 0 Å². The highest BCUT2D eigenvalue weighted by atomic mass is 35.5. The fraction of sp³-hybridized carbons (Fsp3) is 1.00. The summed E-state index contributed by atoms with van der Waals surface area (Å²) in [6.45, 7) is 7.55. The van der Waals surface area contributed by atoms with Crippen molar-refractivity contribution < 1.29 is 5.11 Å². The van der Waals surface area contributed by atoms with Crippen LogP contribution in [0.15, 0.2) is 0 Å². The summed E-state index contributed by atoms with van der Waals surface area (Å²) in [7, 11) is 0. The second-order valence-corrected chi connectivity index (χ2v) is 4.15. The zero-order chi connectivity index (χ0) is 8.48. The highest BCUT2D eigenvalue weighted by Gasteiger charge is 2.33. The molecule has 0 saturated carbocycles. The van der Waals surface area contributed by atoms with Crippen LogP contribution in [0.4, 0.5) is 0 Å². The maximum atomic E-state index is 9.45. The third-order valence-corrected chi connectivity index (χ3v) is 2.94. The van der Waals surface area contributed by atoms with E-state index < -0.39 is 0 Å². The summed E-state index contributed by atoms with van der Waals surface area (Å²) >= 11 is 0. The van der Waals surface area contributed by atoms with Crippen molar-refractivity contribution in [1.29, 1.82) is 0 Å². The van der Waals surface area contributed by atoms with Crippen molar-refractivity contribution in [2.45, 2.75) is 45.3 Å². The van der Waals surface area contributed by atoms with Crippen LogP contribution in [0.5, 0.6) is 0 Å². The zero-order valence-corrected chi connectivity index (χ0v) is 8.95. The zero-order valence-electron chi connectivity index (χ0n) is 8.13. The minimum atomic E-state index is -0.0938. The molecule has 2 nitrogen and oxygen atoms in total. The van der Waals surface area contributed by atoms with Crippen LogP contribution < -0.4 is 5.32 Å². The molecule has 1 saturated heterocycles. The summed E-state index contributed by atoms with van der Waals surface area (Å²) in [5, 5.41) is 12.9. The van der Waals surface area contributed by atoms with E-state index in [-0.39, 0.29) is 24.0 Å². The highest BCUT2D eigenvalue weighted by molar-refractivity contribution is 5.85. The van der Waals surface area contributed by atoms with Gasteiger partial charge in [0.15, 0.2) is 0 Å². The summed E-state index contributed by atoms with van der Waals surface area (Å²) in [4.78, 5) is 0. The first-order valence-corrected chi connectivity index (χ1v) is 4.48. The molecule has 0 spiro atoms. The molecule has 0 amide bonds. The Morgan fingerprint density at radius 1 is 1.50 bits per heavy atom. The van der Waals surface area contributed by atoms with Gasteiger partial charge in [0.2, 0.25) is 0 Å². The Bertz CT molecular complexity index is 140. The minimum absolute atomic E-state index is 0. The Labute approximate surface area is 81.2 Å². The number of hydrogen-bond acceptors (Lipinski definition) is 2. The van der Waals surface area contributed by atoms with Crippen molar-refractivity contribution in [1.82, 2.24) is 5.32 Å². The summed E-state index contributed by atoms with van der Waals surface area (Å²) in [5.41, 5.74) is 0.150. The van der Waals surface area contributed by atoms with Gasteiger partial charge in [-0.25, -0.2) is 0 Å². The van der Waals surface area contributed by atoms with E-state index in [1.807, 2.05) is 0 Å². The predicted molar refractivity (Wildman–Crippen MR) is 53.7 cm³/mol. The predicted octanol–water partition coefficient (Wildman–Crippen LogP) is 1.57. The van der Waals surface area contributed by atoms with Gasteiger partial charge in [-0.15, -0.1) is 12.4 Å². The van der Waals surface area contributed by atoms with E-state index in [1.165, 1.54) is 0 Å². The number of hydrogen-bond donors (Lipinski definition) is 2. The Kier molecular flexibility index (Phi) is 4.53. The molecule has 1 aliphatic heterocycles. The number of aliphatic hydroxyl groups excluding tert-OH is 1. The lowest BCUT2D eigenvalue weighted by atomic mass is 9.80. The van der Waals surface area contributed by atoms with E-state index in [4.69, 9.17) is 0 Å². The molecule has 1 fully saturated rings. The van der Waals surface area contributed by atoms with Gasteiger partial charge < -0.3 is 10.4 Å². The molecule has 0 aromatic carbocycles. The Balaban J connectivity index is 0.00000121. The summed E-state index contributed by atoms with van der Waals surface area (Å²) in [6.07, 6.45) is 1.70. The molecule has 0 aromatic rings. The molecule has 3 heteroatoms. The number of aliphatic hydroxyl groups is 1. The summed E-state index contributed by atoms with van der Waals surface area (Å²) in [5.74, 6) is 0.595. The second-order valence-electron chi connectivity index (χ2n) is 4.15. The highest BCUT2D eigenvalue weighted by Crippen LogP contribution is 2.26. The smallest absolute Gasteiger partial charge is 0.0569 e. The lowest BCUT2D eigenvalue weighted by Crippen LogP contribution is -2.53. The number of rotatable bonds is 1. The standard InChI is InChI=1S/C9H19NO.ClH/c1-7(2)9(3)6-8(11)4-5-10-9;/h7-8,10-11H,4-6H2,1-3H3;1H. The Morgan fingerprint density at radius 2 is 2.08 bits per heavy atom. The van der Waals surface area contributed by atoms with Crippen molar-refractivity contribution in [2.75, 3.05) is 6.54 Å². The monoisotopic (exact) mass is 193 g/mol. The van der Waals surface area contributed by atoms with Crippen LogP contribution in [-0.4, -0.2) is 23.3 Å². The quantitative estimate of drug-likeness (QED) is 0.663. The molecule has 74 valence electrons. The van der Waals surface area contributed by atoms with Gasteiger partial charge in [0.05, 0.1) is 6.10 Å². The summed E-state index contributed by atoms with van der Waals surface area (Å²) in [6, 6.07) is 0. The molecule has 1 aliphatic rings. The first-order chi connectivity index (χ1) is 5.04. The molecule has 2 atom stereocenters. The van der Waals surface area contributed by atoms with E-state index in [0.29, 0.717) is 5.92 Å². The minimum Gasteiger partial charge on any atom is -0.393 e. The van der Waals surface area contributed by atoms with Crippen molar-refractivity contribution in [2.24, 2.45) is 5.92 Å². The van der Waals surface area contributed by atoms with Crippen molar-refractivity contribution in [3.8, 4) is 0 Å². The second kappa shape index (κ2) is 4.45. The molecule has 2 N–H and O–H groups in total. The van der Waals surface area contributed by atoms with Gasteiger partial charge in [-0.3, -0.25) is 0 Å². The molecular weight excluding hydrogens is 174 g/mol. The number of piperidine rings is 1. The molecular formula is C9H20ClNO. The topological polar surface area (TPSA) is 32.3 Å². The number of nitrogens with one attached hydrogen (secondary N) is 1. The Morgan fingerprint density at radius 3 is 2.42 bits per heavy atom. The maximum absolute atomic E-state index is 9.45. The van der Waals surface area contributed by atoms with E-state index in [1.54, 1.807) is 0 Å². The molecule has 12 heavy (non-hydrogen) atoms. The van der Waals surface area contributed by atoms with Crippen LogP contribution in [-0.2, 0) is 0 Å². The van der Waals surface area contributed by atoms with Gasteiger partial charge in [-0.2, -0.15) is 0 Å². The van der Waals surface area contributed by atoms with Crippen LogP contribution in [0.25, 0.3) is 0 Å². The molecule has 2 unspecified atom stereocenters. The third-order valence-electron chi connectivity index (χ3n) is 2.94. The molecule has 1 rings (SSSR count).